The third kappa shape index (κ3) is 3.10. The quantitative estimate of drug-likeness (QED) is 0.850. The van der Waals surface area contributed by atoms with Gasteiger partial charge in [0.25, 0.3) is 5.91 Å². The van der Waals surface area contributed by atoms with Crippen LogP contribution in [0.3, 0.4) is 0 Å². The zero-order chi connectivity index (χ0) is 20.0. The van der Waals surface area contributed by atoms with Gasteiger partial charge in [0.2, 0.25) is 5.91 Å². The molecule has 1 aliphatic carbocycles. The molecule has 28 heavy (non-hydrogen) atoms. The second kappa shape index (κ2) is 6.89. The largest absolute Gasteiger partial charge is 0.365 e. The third-order valence-corrected chi connectivity index (χ3v) is 5.76. The molecule has 2 aromatic rings. The van der Waals surface area contributed by atoms with Crippen LogP contribution < -0.4 is 16.0 Å². The van der Waals surface area contributed by atoms with Gasteiger partial charge in [0, 0.05) is 36.3 Å². The number of hydrogen-bond donors (Lipinski definition) is 2. The number of halogens is 1. The molecule has 0 bridgehead atoms. The molecule has 2 heterocycles. The van der Waals surface area contributed by atoms with Crippen molar-refractivity contribution in [1.82, 2.24) is 4.98 Å². The summed E-state index contributed by atoms with van der Waals surface area (Å²) in [5.74, 6) is -0.224. The summed E-state index contributed by atoms with van der Waals surface area (Å²) in [6.07, 6.45) is 3.71. The minimum absolute atomic E-state index is 0.00608. The Balaban J connectivity index is 1.82. The molecule has 0 saturated heterocycles. The molecule has 1 fully saturated rings. The molecular weight excluding hydrogens is 359 g/mol. The summed E-state index contributed by atoms with van der Waals surface area (Å²) in [6.45, 7) is 3.60. The van der Waals surface area contributed by atoms with E-state index in [4.69, 9.17) is 5.73 Å². The van der Waals surface area contributed by atoms with Crippen LogP contribution in [0.25, 0.3) is 0 Å². The number of nitrogens with one attached hydrogen (secondary N) is 1. The van der Waals surface area contributed by atoms with E-state index >= 15 is 0 Å². The summed E-state index contributed by atoms with van der Waals surface area (Å²) in [6, 6.07) is 7.45. The van der Waals surface area contributed by atoms with Crippen LogP contribution in [0, 0.1) is 17.7 Å². The molecule has 1 aromatic carbocycles. The Kier molecular flexibility index (Phi) is 4.53. The number of nitrogens with two attached hydrogens (primary N) is 1. The fourth-order valence-electron chi connectivity index (χ4n) is 4.40. The van der Waals surface area contributed by atoms with Gasteiger partial charge in [-0.1, -0.05) is 6.92 Å². The monoisotopic (exact) mass is 382 g/mol. The number of primary amides is 1. The van der Waals surface area contributed by atoms with Gasteiger partial charge >= 0.3 is 0 Å². The first-order chi connectivity index (χ1) is 13.4. The van der Waals surface area contributed by atoms with Crippen molar-refractivity contribution in [2.24, 2.45) is 17.6 Å². The number of fused-ring (bicyclic) bond motifs is 1. The van der Waals surface area contributed by atoms with Crippen LogP contribution in [0.4, 0.5) is 15.9 Å². The highest BCUT2D eigenvalue weighted by Gasteiger charge is 2.47. The maximum absolute atomic E-state index is 14.1. The normalized spacial score (nSPS) is 23.8. The molecule has 1 saturated carbocycles. The van der Waals surface area contributed by atoms with Gasteiger partial charge in [0.1, 0.15) is 11.6 Å². The Hall–Kier alpha value is -2.96. The van der Waals surface area contributed by atoms with E-state index in [2.05, 4.69) is 17.2 Å². The molecule has 6 nitrogen and oxygen atoms in total. The van der Waals surface area contributed by atoms with Crippen molar-refractivity contribution < 1.29 is 14.0 Å². The Morgan fingerprint density at radius 2 is 2.04 bits per heavy atom. The van der Waals surface area contributed by atoms with E-state index in [0.717, 1.165) is 12.8 Å². The van der Waals surface area contributed by atoms with E-state index in [1.54, 1.807) is 31.3 Å². The maximum atomic E-state index is 14.1. The van der Waals surface area contributed by atoms with E-state index in [0.29, 0.717) is 23.0 Å². The van der Waals surface area contributed by atoms with E-state index in [1.165, 1.54) is 12.1 Å². The number of aromatic nitrogens is 1. The van der Waals surface area contributed by atoms with Gasteiger partial charge in [-0.15, -0.1) is 0 Å². The topological polar surface area (TPSA) is 88.3 Å². The Morgan fingerprint density at radius 3 is 2.68 bits per heavy atom. The van der Waals surface area contributed by atoms with Crippen molar-refractivity contribution in [2.45, 2.75) is 38.8 Å². The SMILES string of the molecule is CC(=O)N1c2ccc(F)cc2[C@H](Nc2ncccc2C(N)=O)[C@@H](C)[C@H]1C1CC1. The number of nitrogens with zero attached hydrogens (tertiary/aromatic N) is 2. The van der Waals surface area contributed by atoms with Gasteiger partial charge < -0.3 is 16.0 Å². The lowest BCUT2D eigenvalue weighted by molar-refractivity contribution is -0.117. The van der Waals surface area contributed by atoms with Gasteiger partial charge in [-0.3, -0.25) is 9.59 Å². The van der Waals surface area contributed by atoms with Crippen LogP contribution in [-0.2, 0) is 4.79 Å². The van der Waals surface area contributed by atoms with Crippen LogP contribution >= 0.6 is 0 Å². The summed E-state index contributed by atoms with van der Waals surface area (Å²) >= 11 is 0. The number of rotatable bonds is 4. The Labute approximate surface area is 162 Å². The predicted molar refractivity (Wildman–Crippen MR) is 104 cm³/mol. The molecule has 0 spiro atoms. The van der Waals surface area contributed by atoms with Crippen molar-refractivity contribution in [3.05, 3.63) is 53.5 Å². The molecule has 7 heteroatoms. The first kappa shape index (κ1) is 18.4. The highest BCUT2D eigenvalue weighted by molar-refractivity contribution is 5.98. The number of benzene rings is 1. The van der Waals surface area contributed by atoms with Crippen molar-refractivity contribution >= 4 is 23.3 Å². The second-order valence-corrected chi connectivity index (χ2v) is 7.67. The maximum Gasteiger partial charge on any atom is 0.252 e. The number of amides is 2. The highest BCUT2D eigenvalue weighted by Crippen LogP contribution is 2.50. The molecular formula is C21H23FN4O2. The molecule has 2 amide bonds. The number of hydrogen-bond acceptors (Lipinski definition) is 4. The number of pyridine rings is 1. The lowest BCUT2D eigenvalue weighted by Gasteiger charge is -2.45. The summed E-state index contributed by atoms with van der Waals surface area (Å²) in [7, 11) is 0. The standard InChI is InChI=1S/C21H23FN4O2/c1-11-18(25-21-15(20(23)28)4-3-9-24-21)16-10-14(22)7-8-17(16)26(12(2)27)19(11)13-5-6-13/h3-4,7-11,13,18-19H,5-6H2,1-2H3,(H2,23,28)(H,24,25)/t11-,18-,19+/m1/s1. The molecule has 3 atom stereocenters. The van der Waals surface area contributed by atoms with Gasteiger partial charge in [-0.05, 0) is 49.1 Å². The fourth-order valence-corrected chi connectivity index (χ4v) is 4.40. The van der Waals surface area contributed by atoms with Gasteiger partial charge in [-0.25, -0.2) is 9.37 Å². The van der Waals surface area contributed by atoms with Crippen LogP contribution in [0.1, 0.15) is 48.7 Å². The van der Waals surface area contributed by atoms with Gasteiger partial charge in [0.05, 0.1) is 11.6 Å². The zero-order valence-electron chi connectivity index (χ0n) is 15.9. The molecule has 3 N–H and O–H groups in total. The van der Waals surface area contributed by atoms with E-state index < -0.39 is 5.91 Å². The summed E-state index contributed by atoms with van der Waals surface area (Å²) < 4.78 is 14.1. The average molecular weight is 382 g/mol. The number of carbonyl (C=O) groups excluding carboxylic acids is 2. The lowest BCUT2D eigenvalue weighted by atomic mass is 9.80. The summed E-state index contributed by atoms with van der Waals surface area (Å²) in [5, 5.41) is 3.32. The lowest BCUT2D eigenvalue weighted by Crippen LogP contribution is -2.51. The predicted octanol–water partition coefficient (Wildman–Crippen LogP) is 3.25. The van der Waals surface area contributed by atoms with E-state index in [9.17, 15) is 14.0 Å². The molecule has 4 rings (SSSR count). The van der Waals surface area contributed by atoms with Crippen molar-refractivity contribution in [2.75, 3.05) is 10.2 Å². The molecule has 1 aromatic heterocycles. The Bertz CT molecular complexity index is 944. The minimum Gasteiger partial charge on any atom is -0.365 e. The minimum atomic E-state index is -0.581. The molecule has 0 radical (unpaired) electrons. The van der Waals surface area contributed by atoms with Crippen molar-refractivity contribution in [3.63, 3.8) is 0 Å². The molecule has 0 unspecified atom stereocenters. The van der Waals surface area contributed by atoms with E-state index in [1.807, 2.05) is 4.90 Å². The first-order valence-corrected chi connectivity index (χ1v) is 9.49. The number of carbonyl (C=O) groups is 2. The third-order valence-electron chi connectivity index (χ3n) is 5.76. The smallest absolute Gasteiger partial charge is 0.252 e. The van der Waals surface area contributed by atoms with Gasteiger partial charge in [0.15, 0.2) is 0 Å². The van der Waals surface area contributed by atoms with Gasteiger partial charge in [-0.2, -0.15) is 0 Å². The van der Waals surface area contributed by atoms with Crippen LogP contribution in [0.15, 0.2) is 36.5 Å². The second-order valence-electron chi connectivity index (χ2n) is 7.67. The molecule has 1 aliphatic heterocycles. The summed E-state index contributed by atoms with van der Waals surface area (Å²) in [5.41, 5.74) is 7.16. The Morgan fingerprint density at radius 1 is 1.29 bits per heavy atom. The van der Waals surface area contributed by atoms with Crippen LogP contribution in [-0.4, -0.2) is 22.8 Å². The fraction of sp³-hybridized carbons (Fsp3) is 0.381. The summed E-state index contributed by atoms with van der Waals surface area (Å²) in [4.78, 5) is 30.4. The van der Waals surface area contributed by atoms with Crippen LogP contribution in [0.2, 0.25) is 0 Å². The van der Waals surface area contributed by atoms with Crippen molar-refractivity contribution in [3.8, 4) is 0 Å². The highest BCUT2D eigenvalue weighted by atomic mass is 19.1. The molecule has 146 valence electrons. The first-order valence-electron chi connectivity index (χ1n) is 9.49. The molecule has 2 aliphatic rings. The zero-order valence-corrected chi connectivity index (χ0v) is 15.9. The average Bonchev–Trinajstić information content (AvgIpc) is 3.48. The van der Waals surface area contributed by atoms with Crippen molar-refractivity contribution in [1.29, 1.82) is 0 Å². The van der Waals surface area contributed by atoms with Crippen LogP contribution in [0.5, 0.6) is 0 Å². The number of anilines is 2. The van der Waals surface area contributed by atoms with E-state index in [-0.39, 0.29) is 35.3 Å².